The lowest BCUT2D eigenvalue weighted by Gasteiger charge is -2.33. The minimum atomic E-state index is -3.85. The number of hydrogen-bond donors (Lipinski definition) is 1. The minimum Gasteiger partial charge on any atom is -0.471 e. The zero-order valence-electron chi connectivity index (χ0n) is 17.8. The summed E-state index contributed by atoms with van der Waals surface area (Å²) in [5, 5.41) is 2.59. The van der Waals surface area contributed by atoms with Crippen molar-refractivity contribution in [2.45, 2.75) is 57.6 Å². The minimum absolute atomic E-state index is 0.128. The van der Waals surface area contributed by atoms with Crippen molar-refractivity contribution in [1.29, 1.82) is 0 Å². The van der Waals surface area contributed by atoms with Gasteiger partial charge in [0.1, 0.15) is 17.4 Å². The molecule has 1 atom stereocenters. The van der Waals surface area contributed by atoms with Crippen molar-refractivity contribution in [3.05, 3.63) is 42.1 Å². The zero-order chi connectivity index (χ0) is 22.1. The molecule has 1 aliphatic rings. The Morgan fingerprint density at radius 1 is 1.33 bits per heavy atom. The zero-order valence-corrected chi connectivity index (χ0v) is 18.6. The van der Waals surface area contributed by atoms with Crippen molar-refractivity contribution < 1.29 is 22.7 Å². The number of carbonyl (C=O) groups excluding carboxylic acids is 1. The van der Waals surface area contributed by atoms with E-state index in [9.17, 15) is 13.2 Å². The molecule has 3 rings (SSSR count). The number of nitrogens with zero attached hydrogens (tertiary/aromatic N) is 2. The van der Waals surface area contributed by atoms with E-state index in [1.165, 1.54) is 16.6 Å². The van der Waals surface area contributed by atoms with Gasteiger partial charge in [-0.2, -0.15) is 0 Å². The van der Waals surface area contributed by atoms with E-state index in [0.29, 0.717) is 5.69 Å². The van der Waals surface area contributed by atoms with E-state index in [2.05, 4.69) is 10.3 Å². The van der Waals surface area contributed by atoms with Crippen LogP contribution in [-0.4, -0.2) is 37.7 Å². The Bertz CT molecular complexity index is 1050. The normalized spacial score (nSPS) is 16.4. The molecule has 0 spiro atoms. The predicted molar refractivity (Wildman–Crippen MR) is 115 cm³/mol. The van der Waals surface area contributed by atoms with Gasteiger partial charge >= 0.3 is 6.09 Å². The summed E-state index contributed by atoms with van der Waals surface area (Å²) in [7, 11) is -3.85. The molecule has 30 heavy (non-hydrogen) atoms. The Labute approximate surface area is 177 Å². The molecule has 1 amide bonds. The molecule has 0 fully saturated rings. The van der Waals surface area contributed by atoms with E-state index >= 15 is 0 Å². The second-order valence-corrected chi connectivity index (χ2v) is 10.0. The predicted octanol–water partition coefficient (Wildman–Crippen LogP) is 3.97. The molecule has 1 aliphatic heterocycles. The van der Waals surface area contributed by atoms with Crippen molar-refractivity contribution >= 4 is 27.5 Å². The van der Waals surface area contributed by atoms with Crippen LogP contribution < -0.4 is 14.4 Å². The molecule has 162 valence electrons. The summed E-state index contributed by atoms with van der Waals surface area (Å²) >= 11 is 0. The summed E-state index contributed by atoms with van der Waals surface area (Å²) in [5.41, 5.74) is 0.840. The molecule has 1 aromatic carbocycles. The van der Waals surface area contributed by atoms with Crippen LogP contribution in [0, 0.1) is 0 Å². The monoisotopic (exact) mass is 433 g/mol. The topological polar surface area (TPSA) is 97.8 Å². The molecule has 0 unspecified atom stereocenters. The van der Waals surface area contributed by atoms with Crippen LogP contribution in [0.25, 0.3) is 0 Å². The maximum atomic E-state index is 13.4. The first-order chi connectivity index (χ1) is 14.0. The third-order valence-corrected chi connectivity index (χ3v) is 6.15. The lowest BCUT2D eigenvalue weighted by molar-refractivity contribution is 0.0636. The maximum Gasteiger partial charge on any atom is 0.412 e. The maximum absolute atomic E-state index is 13.4. The largest absolute Gasteiger partial charge is 0.471 e. The Morgan fingerprint density at radius 3 is 2.73 bits per heavy atom. The second kappa shape index (κ2) is 8.14. The van der Waals surface area contributed by atoms with Crippen LogP contribution in [-0.2, 0) is 21.2 Å². The molecule has 0 bridgehead atoms. The number of anilines is 2. The molecule has 2 heterocycles. The van der Waals surface area contributed by atoms with E-state index in [0.717, 1.165) is 12.0 Å². The van der Waals surface area contributed by atoms with E-state index < -0.39 is 21.7 Å². The van der Waals surface area contributed by atoms with Crippen LogP contribution >= 0.6 is 0 Å². The number of aromatic nitrogens is 1. The quantitative estimate of drug-likeness (QED) is 0.784. The molecule has 0 radical (unpaired) electrons. The number of nitrogens with one attached hydrogen (secondary N) is 1. The molecule has 1 N–H and O–H groups in total. The standard InChI is InChI=1S/C21H27N3O5S/c1-6-15-8-7-9-17(10-15)30(26,27)24-13-14(2)28-19-18(24)11-16(12-22-19)23-20(25)29-21(3,4)5/h7-12,14H,6,13H2,1-5H3,(H,23,25)/t14-/m0/s1. The van der Waals surface area contributed by atoms with Crippen molar-refractivity contribution in [2.24, 2.45) is 0 Å². The fourth-order valence-electron chi connectivity index (χ4n) is 3.04. The number of hydrogen-bond acceptors (Lipinski definition) is 6. The SMILES string of the molecule is CCc1cccc(S(=O)(=O)N2C[C@H](C)Oc3ncc(NC(=O)OC(C)(C)C)cc32)c1. The van der Waals surface area contributed by atoms with E-state index in [4.69, 9.17) is 9.47 Å². The summed E-state index contributed by atoms with van der Waals surface area (Å²) < 4.78 is 39.1. The highest BCUT2D eigenvalue weighted by molar-refractivity contribution is 7.92. The number of rotatable bonds is 4. The number of fused-ring (bicyclic) bond motifs is 1. The smallest absolute Gasteiger partial charge is 0.412 e. The number of carbonyl (C=O) groups is 1. The van der Waals surface area contributed by atoms with E-state index in [1.807, 2.05) is 13.0 Å². The van der Waals surface area contributed by atoms with Crippen molar-refractivity contribution in [1.82, 2.24) is 4.98 Å². The molecule has 0 saturated carbocycles. The van der Waals surface area contributed by atoms with Crippen LogP contribution in [0.2, 0.25) is 0 Å². The number of amides is 1. The molecule has 2 aromatic rings. The first kappa shape index (κ1) is 21.9. The first-order valence-corrected chi connectivity index (χ1v) is 11.2. The van der Waals surface area contributed by atoms with Crippen LogP contribution in [0.4, 0.5) is 16.2 Å². The fourth-order valence-corrected chi connectivity index (χ4v) is 4.64. The highest BCUT2D eigenvalue weighted by atomic mass is 32.2. The highest BCUT2D eigenvalue weighted by Gasteiger charge is 2.34. The molecular weight excluding hydrogens is 406 g/mol. The van der Waals surface area contributed by atoms with Crippen molar-refractivity contribution in [2.75, 3.05) is 16.2 Å². The number of ether oxygens (including phenoxy) is 2. The van der Waals surface area contributed by atoms with Gasteiger partial charge < -0.3 is 9.47 Å². The average Bonchev–Trinajstić information content (AvgIpc) is 2.66. The number of benzene rings is 1. The van der Waals surface area contributed by atoms with Gasteiger partial charge in [-0.15, -0.1) is 0 Å². The van der Waals surface area contributed by atoms with Gasteiger partial charge in [0.15, 0.2) is 0 Å². The number of pyridine rings is 1. The fraction of sp³-hybridized carbons (Fsp3) is 0.429. The summed E-state index contributed by atoms with van der Waals surface area (Å²) in [6, 6.07) is 8.39. The third kappa shape index (κ3) is 4.84. The molecular formula is C21H27N3O5S. The van der Waals surface area contributed by atoms with Gasteiger partial charge in [-0.25, -0.2) is 18.2 Å². The average molecular weight is 434 g/mol. The number of aryl methyl sites for hydroxylation is 1. The second-order valence-electron chi connectivity index (χ2n) is 8.14. The van der Waals surface area contributed by atoms with Crippen LogP contribution in [0.3, 0.4) is 0 Å². The summed E-state index contributed by atoms with van der Waals surface area (Å²) in [5.74, 6) is 0.193. The molecule has 9 heteroatoms. The van der Waals surface area contributed by atoms with Crippen LogP contribution in [0.5, 0.6) is 5.88 Å². The molecule has 0 aliphatic carbocycles. The lowest BCUT2D eigenvalue weighted by atomic mass is 10.2. The van der Waals surface area contributed by atoms with Crippen LogP contribution in [0.1, 0.15) is 40.2 Å². The van der Waals surface area contributed by atoms with Gasteiger partial charge in [0.05, 0.1) is 23.3 Å². The van der Waals surface area contributed by atoms with Gasteiger partial charge in [-0.05, 0) is 57.9 Å². The lowest BCUT2D eigenvalue weighted by Crippen LogP contribution is -2.42. The number of sulfonamides is 1. The Balaban J connectivity index is 1.97. The Kier molecular flexibility index (Phi) is 5.94. The van der Waals surface area contributed by atoms with Gasteiger partial charge in [0, 0.05) is 0 Å². The summed E-state index contributed by atoms with van der Waals surface area (Å²) in [6.45, 7) is 9.14. The van der Waals surface area contributed by atoms with Gasteiger partial charge in [-0.3, -0.25) is 9.62 Å². The third-order valence-electron chi connectivity index (χ3n) is 4.38. The van der Waals surface area contributed by atoms with E-state index in [1.54, 1.807) is 45.9 Å². The van der Waals surface area contributed by atoms with Gasteiger partial charge in [0.2, 0.25) is 5.88 Å². The molecule has 1 aromatic heterocycles. The summed E-state index contributed by atoms with van der Waals surface area (Å²) in [4.78, 5) is 16.5. The Morgan fingerprint density at radius 2 is 2.07 bits per heavy atom. The van der Waals surface area contributed by atoms with E-state index in [-0.39, 0.29) is 29.1 Å². The molecule has 8 nitrogen and oxygen atoms in total. The summed E-state index contributed by atoms with van der Waals surface area (Å²) in [6.07, 6.45) is 1.10. The van der Waals surface area contributed by atoms with Gasteiger partial charge in [0.25, 0.3) is 10.0 Å². The van der Waals surface area contributed by atoms with Crippen molar-refractivity contribution in [3.8, 4) is 5.88 Å². The Hall–Kier alpha value is -2.81. The van der Waals surface area contributed by atoms with Gasteiger partial charge in [-0.1, -0.05) is 19.1 Å². The van der Waals surface area contributed by atoms with Crippen molar-refractivity contribution in [3.63, 3.8) is 0 Å². The molecule has 0 saturated heterocycles. The first-order valence-electron chi connectivity index (χ1n) is 9.78. The van der Waals surface area contributed by atoms with Crippen LogP contribution in [0.15, 0.2) is 41.4 Å². The highest BCUT2D eigenvalue weighted by Crippen LogP contribution is 2.37.